The first-order valence-electron chi connectivity index (χ1n) is 7.26. The van der Waals surface area contributed by atoms with Crippen molar-refractivity contribution in [2.75, 3.05) is 13.1 Å². The number of amides is 1. The minimum absolute atomic E-state index is 0.0864. The molecular weight excluding hydrogens is 266 g/mol. The van der Waals surface area contributed by atoms with Crippen LogP contribution in [0.1, 0.15) is 30.6 Å². The Bertz CT molecular complexity index is 615. The van der Waals surface area contributed by atoms with Crippen molar-refractivity contribution in [2.45, 2.75) is 20.3 Å². The number of carbonyl (C=O) groups excluding carboxylic acids is 1. The summed E-state index contributed by atoms with van der Waals surface area (Å²) in [5.74, 6) is 1.20. The van der Waals surface area contributed by atoms with Crippen LogP contribution in [0.4, 0.5) is 0 Å². The van der Waals surface area contributed by atoms with Crippen LogP contribution in [0.5, 0.6) is 0 Å². The van der Waals surface area contributed by atoms with Crippen LogP contribution < -0.4 is 0 Å². The Morgan fingerprint density at radius 1 is 1.24 bits per heavy atom. The van der Waals surface area contributed by atoms with Crippen LogP contribution in [0.3, 0.4) is 0 Å². The minimum atomic E-state index is 0.0864. The monoisotopic (exact) mass is 285 g/mol. The molecule has 0 saturated carbocycles. The van der Waals surface area contributed by atoms with Gasteiger partial charge in [0.2, 0.25) is 0 Å². The molecule has 0 radical (unpaired) electrons. The molecule has 0 spiro atoms. The maximum atomic E-state index is 12.7. The summed E-state index contributed by atoms with van der Waals surface area (Å²) in [5, 5.41) is 11.1. The standard InChI is InChI=1S/C15H19N5O/c1-11-6-12(2)9-19(8-11)15(21)13-4-3-5-14(7-13)20-10-16-17-18-20/h3-5,7,10-12H,6,8-9H2,1-2H3/t11-,12+. The molecule has 2 atom stereocenters. The Balaban J connectivity index is 1.83. The number of hydrogen-bond donors (Lipinski definition) is 0. The van der Waals surface area contributed by atoms with Gasteiger partial charge in [-0.2, -0.15) is 0 Å². The first kappa shape index (κ1) is 13.7. The Morgan fingerprint density at radius 3 is 2.67 bits per heavy atom. The predicted octanol–water partition coefficient (Wildman–Crippen LogP) is 1.78. The molecule has 110 valence electrons. The molecular formula is C15H19N5O. The van der Waals surface area contributed by atoms with Crippen molar-refractivity contribution < 1.29 is 4.79 Å². The molecule has 2 heterocycles. The van der Waals surface area contributed by atoms with Crippen molar-refractivity contribution in [2.24, 2.45) is 11.8 Å². The summed E-state index contributed by atoms with van der Waals surface area (Å²) in [6.45, 7) is 6.07. The normalized spacial score (nSPS) is 22.3. The molecule has 0 N–H and O–H groups in total. The fraction of sp³-hybridized carbons (Fsp3) is 0.467. The third-order valence-electron chi connectivity index (χ3n) is 3.86. The summed E-state index contributed by atoms with van der Waals surface area (Å²) in [6.07, 6.45) is 2.71. The SMILES string of the molecule is C[C@@H]1C[C@H](C)CN(C(=O)c2cccc(-n3cnnn3)c2)C1. The third-order valence-corrected chi connectivity index (χ3v) is 3.86. The minimum Gasteiger partial charge on any atom is -0.338 e. The fourth-order valence-electron chi connectivity index (χ4n) is 3.07. The van der Waals surface area contributed by atoms with Gasteiger partial charge in [0.25, 0.3) is 5.91 Å². The van der Waals surface area contributed by atoms with E-state index < -0.39 is 0 Å². The summed E-state index contributed by atoms with van der Waals surface area (Å²) < 4.78 is 1.55. The summed E-state index contributed by atoms with van der Waals surface area (Å²) in [6, 6.07) is 7.43. The second-order valence-electron chi connectivity index (χ2n) is 5.96. The van der Waals surface area contributed by atoms with Crippen LogP contribution >= 0.6 is 0 Å². The van der Waals surface area contributed by atoms with Crippen molar-refractivity contribution >= 4 is 5.91 Å². The highest BCUT2D eigenvalue weighted by Crippen LogP contribution is 2.23. The maximum Gasteiger partial charge on any atom is 0.253 e. The summed E-state index contributed by atoms with van der Waals surface area (Å²) in [4.78, 5) is 14.6. The lowest BCUT2D eigenvalue weighted by molar-refractivity contribution is 0.0623. The van der Waals surface area contributed by atoms with E-state index in [-0.39, 0.29) is 5.91 Å². The van der Waals surface area contributed by atoms with Crippen LogP contribution in [0.2, 0.25) is 0 Å². The molecule has 21 heavy (non-hydrogen) atoms. The van der Waals surface area contributed by atoms with Gasteiger partial charge in [-0.05, 0) is 46.9 Å². The number of likely N-dealkylation sites (tertiary alicyclic amines) is 1. The fourth-order valence-corrected chi connectivity index (χ4v) is 3.07. The van der Waals surface area contributed by atoms with E-state index in [2.05, 4.69) is 29.4 Å². The lowest BCUT2D eigenvalue weighted by atomic mass is 9.91. The lowest BCUT2D eigenvalue weighted by Crippen LogP contribution is -2.42. The van der Waals surface area contributed by atoms with E-state index in [1.165, 1.54) is 12.7 Å². The van der Waals surface area contributed by atoms with Crippen LogP contribution in [0, 0.1) is 11.8 Å². The average Bonchev–Trinajstić information content (AvgIpc) is 3.00. The Kier molecular flexibility index (Phi) is 3.68. The molecule has 1 fully saturated rings. The van der Waals surface area contributed by atoms with Crippen molar-refractivity contribution in [3.05, 3.63) is 36.2 Å². The summed E-state index contributed by atoms with van der Waals surface area (Å²) in [5.41, 5.74) is 1.48. The van der Waals surface area contributed by atoms with E-state index in [1.54, 1.807) is 4.68 Å². The third kappa shape index (κ3) is 2.94. The van der Waals surface area contributed by atoms with Crippen molar-refractivity contribution in [3.63, 3.8) is 0 Å². The average molecular weight is 285 g/mol. The Labute approximate surface area is 123 Å². The van der Waals surface area contributed by atoms with Gasteiger partial charge in [0.05, 0.1) is 5.69 Å². The van der Waals surface area contributed by atoms with Crippen LogP contribution in [0.25, 0.3) is 5.69 Å². The van der Waals surface area contributed by atoms with Crippen molar-refractivity contribution in [3.8, 4) is 5.69 Å². The van der Waals surface area contributed by atoms with Gasteiger partial charge >= 0.3 is 0 Å². The molecule has 0 unspecified atom stereocenters. The highest BCUT2D eigenvalue weighted by Gasteiger charge is 2.26. The zero-order chi connectivity index (χ0) is 14.8. The number of aromatic nitrogens is 4. The molecule has 0 aliphatic carbocycles. The molecule has 1 aliphatic rings. The zero-order valence-corrected chi connectivity index (χ0v) is 12.3. The predicted molar refractivity (Wildman–Crippen MR) is 78.0 cm³/mol. The van der Waals surface area contributed by atoms with E-state index in [1.807, 2.05) is 29.2 Å². The van der Waals surface area contributed by atoms with Gasteiger partial charge in [-0.15, -0.1) is 5.10 Å². The molecule has 1 amide bonds. The van der Waals surface area contributed by atoms with Gasteiger partial charge in [0, 0.05) is 18.7 Å². The molecule has 6 heteroatoms. The number of nitrogens with zero attached hydrogens (tertiary/aromatic N) is 5. The smallest absolute Gasteiger partial charge is 0.253 e. The van der Waals surface area contributed by atoms with Gasteiger partial charge in [-0.25, -0.2) is 4.68 Å². The van der Waals surface area contributed by atoms with Gasteiger partial charge in [-0.3, -0.25) is 4.79 Å². The maximum absolute atomic E-state index is 12.7. The second kappa shape index (κ2) is 5.63. The van der Waals surface area contributed by atoms with Crippen molar-refractivity contribution in [1.29, 1.82) is 0 Å². The molecule has 0 bridgehead atoms. The molecule has 1 saturated heterocycles. The van der Waals surface area contributed by atoms with Crippen molar-refractivity contribution in [1.82, 2.24) is 25.1 Å². The number of benzene rings is 1. The van der Waals surface area contributed by atoms with E-state index >= 15 is 0 Å². The second-order valence-corrected chi connectivity index (χ2v) is 5.96. The quantitative estimate of drug-likeness (QED) is 0.843. The molecule has 1 aromatic heterocycles. The van der Waals surface area contributed by atoms with Gasteiger partial charge in [0.15, 0.2) is 0 Å². The van der Waals surface area contributed by atoms with Gasteiger partial charge < -0.3 is 4.90 Å². The highest BCUT2D eigenvalue weighted by atomic mass is 16.2. The molecule has 3 rings (SSSR count). The first-order chi connectivity index (χ1) is 10.1. The lowest BCUT2D eigenvalue weighted by Gasteiger charge is -2.35. The highest BCUT2D eigenvalue weighted by molar-refractivity contribution is 5.94. The number of hydrogen-bond acceptors (Lipinski definition) is 4. The number of tetrazole rings is 1. The van der Waals surface area contributed by atoms with Crippen LogP contribution in [0.15, 0.2) is 30.6 Å². The van der Waals surface area contributed by atoms with Crippen LogP contribution in [-0.2, 0) is 0 Å². The van der Waals surface area contributed by atoms with E-state index in [0.29, 0.717) is 17.4 Å². The van der Waals surface area contributed by atoms with E-state index in [4.69, 9.17) is 0 Å². The summed E-state index contributed by atoms with van der Waals surface area (Å²) >= 11 is 0. The first-order valence-corrected chi connectivity index (χ1v) is 7.26. The Hall–Kier alpha value is -2.24. The molecule has 6 nitrogen and oxygen atoms in total. The number of carbonyl (C=O) groups is 1. The summed E-state index contributed by atoms with van der Waals surface area (Å²) in [7, 11) is 0. The Morgan fingerprint density at radius 2 is 2.00 bits per heavy atom. The van der Waals surface area contributed by atoms with E-state index in [0.717, 1.165) is 18.8 Å². The van der Waals surface area contributed by atoms with E-state index in [9.17, 15) is 4.79 Å². The molecule has 2 aromatic rings. The van der Waals surface area contributed by atoms with Gasteiger partial charge in [0.1, 0.15) is 6.33 Å². The van der Waals surface area contributed by atoms with Gasteiger partial charge in [-0.1, -0.05) is 19.9 Å². The largest absolute Gasteiger partial charge is 0.338 e. The molecule has 1 aromatic carbocycles. The van der Waals surface area contributed by atoms with Crippen LogP contribution in [-0.4, -0.2) is 44.1 Å². The number of piperidine rings is 1. The number of rotatable bonds is 2. The zero-order valence-electron chi connectivity index (χ0n) is 12.3. The molecule has 1 aliphatic heterocycles. The topological polar surface area (TPSA) is 63.9 Å².